The summed E-state index contributed by atoms with van der Waals surface area (Å²) >= 11 is 0. The van der Waals surface area contributed by atoms with E-state index in [-0.39, 0.29) is 0 Å². The highest BCUT2D eigenvalue weighted by Gasteiger charge is 2.04. The van der Waals surface area contributed by atoms with E-state index in [9.17, 15) is 4.79 Å². The van der Waals surface area contributed by atoms with Crippen molar-refractivity contribution < 1.29 is 9.53 Å². The number of carbonyl (C=O) groups excluding carboxylic acids is 1. The molecule has 0 saturated heterocycles. The molecule has 19 heavy (non-hydrogen) atoms. The molecule has 0 saturated carbocycles. The number of nitrogens with two attached hydrogens (primary N) is 1. The van der Waals surface area contributed by atoms with Gasteiger partial charge in [-0.05, 0) is 24.1 Å². The van der Waals surface area contributed by atoms with E-state index in [4.69, 9.17) is 10.5 Å². The quantitative estimate of drug-likeness (QED) is 0.874. The molecule has 6 heteroatoms. The molecule has 0 unspecified atom stereocenters. The van der Waals surface area contributed by atoms with Crippen molar-refractivity contribution >= 4 is 6.03 Å². The van der Waals surface area contributed by atoms with E-state index >= 15 is 0 Å². The van der Waals surface area contributed by atoms with Gasteiger partial charge in [-0.25, -0.2) is 14.8 Å². The molecule has 1 aromatic heterocycles. The first-order valence-electron chi connectivity index (χ1n) is 5.72. The molecule has 1 heterocycles. The number of amides is 2. The second kappa shape index (κ2) is 5.81. The van der Waals surface area contributed by atoms with Gasteiger partial charge in [0.25, 0.3) is 0 Å². The van der Waals surface area contributed by atoms with Gasteiger partial charge < -0.3 is 15.8 Å². The van der Waals surface area contributed by atoms with Crippen LogP contribution in [0.1, 0.15) is 11.1 Å². The van der Waals surface area contributed by atoms with Crippen molar-refractivity contribution in [3.8, 4) is 11.6 Å². The van der Waals surface area contributed by atoms with Gasteiger partial charge in [0.2, 0.25) is 5.88 Å². The second-order valence-corrected chi connectivity index (χ2v) is 3.97. The summed E-state index contributed by atoms with van der Waals surface area (Å²) in [6.07, 6.45) is 3.04. The predicted octanol–water partition coefficient (Wildman–Crippen LogP) is 1.75. The van der Waals surface area contributed by atoms with E-state index in [1.807, 2.05) is 25.1 Å². The number of nitrogens with zero attached hydrogens (tertiary/aromatic N) is 2. The Morgan fingerprint density at radius 1 is 1.42 bits per heavy atom. The Kier molecular flexibility index (Phi) is 3.92. The molecular formula is C13H14N4O2. The first kappa shape index (κ1) is 12.8. The number of aryl methyl sites for hydroxylation is 1. The Morgan fingerprint density at radius 2 is 2.26 bits per heavy atom. The molecule has 3 N–H and O–H groups in total. The Labute approximate surface area is 110 Å². The van der Waals surface area contributed by atoms with Crippen molar-refractivity contribution in [2.24, 2.45) is 5.73 Å². The summed E-state index contributed by atoms with van der Waals surface area (Å²) in [5.41, 5.74) is 6.92. The zero-order chi connectivity index (χ0) is 13.7. The number of benzene rings is 1. The van der Waals surface area contributed by atoms with E-state index in [2.05, 4.69) is 15.3 Å². The molecule has 6 nitrogen and oxygen atoms in total. The van der Waals surface area contributed by atoms with Gasteiger partial charge in [0.1, 0.15) is 12.1 Å². The average molecular weight is 258 g/mol. The number of primary amides is 1. The number of carbonyl (C=O) groups is 1. The van der Waals surface area contributed by atoms with Crippen molar-refractivity contribution in [3.63, 3.8) is 0 Å². The average Bonchev–Trinajstić information content (AvgIpc) is 2.40. The second-order valence-electron chi connectivity index (χ2n) is 3.97. The van der Waals surface area contributed by atoms with Gasteiger partial charge in [0.05, 0.1) is 0 Å². The molecule has 0 aliphatic carbocycles. The van der Waals surface area contributed by atoms with Gasteiger partial charge in [0, 0.05) is 18.8 Å². The minimum atomic E-state index is -0.543. The smallest absolute Gasteiger partial charge is 0.312 e. The van der Waals surface area contributed by atoms with Crippen LogP contribution in [-0.4, -0.2) is 16.0 Å². The van der Waals surface area contributed by atoms with Crippen LogP contribution in [0, 0.1) is 6.92 Å². The maximum Gasteiger partial charge on any atom is 0.312 e. The summed E-state index contributed by atoms with van der Waals surface area (Å²) in [4.78, 5) is 18.4. The van der Waals surface area contributed by atoms with Crippen LogP contribution < -0.4 is 15.8 Å². The van der Waals surface area contributed by atoms with Gasteiger partial charge >= 0.3 is 6.03 Å². The fourth-order valence-corrected chi connectivity index (χ4v) is 1.58. The standard InChI is InChI=1S/C13H14N4O2/c1-9-6-10(7-16-13(14)18)2-3-11(9)19-12-4-5-15-8-17-12/h2-6,8H,7H2,1H3,(H3,14,16,18). The summed E-state index contributed by atoms with van der Waals surface area (Å²) in [6.45, 7) is 2.31. The summed E-state index contributed by atoms with van der Waals surface area (Å²) in [7, 11) is 0. The van der Waals surface area contributed by atoms with Crippen LogP contribution >= 0.6 is 0 Å². The first-order valence-corrected chi connectivity index (χ1v) is 5.72. The molecule has 2 amide bonds. The fraction of sp³-hybridized carbons (Fsp3) is 0.154. The monoisotopic (exact) mass is 258 g/mol. The molecule has 2 aromatic rings. The van der Waals surface area contributed by atoms with E-state index in [1.54, 1.807) is 12.3 Å². The van der Waals surface area contributed by atoms with Crippen LogP contribution in [0.25, 0.3) is 0 Å². The fourth-order valence-electron chi connectivity index (χ4n) is 1.58. The third-order valence-electron chi connectivity index (χ3n) is 2.48. The first-order chi connectivity index (χ1) is 9.15. The van der Waals surface area contributed by atoms with Crippen molar-refractivity contribution in [1.82, 2.24) is 15.3 Å². The van der Waals surface area contributed by atoms with Crippen LogP contribution in [0.4, 0.5) is 4.79 Å². The summed E-state index contributed by atoms with van der Waals surface area (Å²) in [5.74, 6) is 1.20. The summed E-state index contributed by atoms with van der Waals surface area (Å²) in [6, 6.07) is 6.75. The third kappa shape index (κ3) is 3.67. The van der Waals surface area contributed by atoms with Gasteiger partial charge in [-0.3, -0.25) is 0 Å². The van der Waals surface area contributed by atoms with E-state index in [0.717, 1.165) is 11.1 Å². The highest BCUT2D eigenvalue weighted by atomic mass is 16.5. The minimum Gasteiger partial charge on any atom is -0.439 e. The maximum absolute atomic E-state index is 10.6. The molecular weight excluding hydrogens is 244 g/mol. The molecule has 0 radical (unpaired) electrons. The SMILES string of the molecule is Cc1cc(CNC(N)=O)ccc1Oc1ccncn1. The van der Waals surface area contributed by atoms with Crippen LogP contribution in [0.5, 0.6) is 11.6 Å². The van der Waals surface area contributed by atoms with Gasteiger partial charge in [-0.15, -0.1) is 0 Å². The van der Waals surface area contributed by atoms with E-state index < -0.39 is 6.03 Å². The number of ether oxygens (including phenoxy) is 1. The zero-order valence-electron chi connectivity index (χ0n) is 10.5. The largest absolute Gasteiger partial charge is 0.439 e. The van der Waals surface area contributed by atoms with Crippen molar-refractivity contribution in [2.45, 2.75) is 13.5 Å². The number of aromatic nitrogens is 2. The normalized spacial score (nSPS) is 9.95. The molecule has 0 spiro atoms. The molecule has 0 aliphatic heterocycles. The van der Waals surface area contributed by atoms with Crippen molar-refractivity contribution in [3.05, 3.63) is 47.9 Å². The zero-order valence-corrected chi connectivity index (χ0v) is 10.5. The molecule has 1 aromatic carbocycles. The van der Waals surface area contributed by atoms with E-state index in [1.165, 1.54) is 6.33 Å². The van der Waals surface area contributed by atoms with Crippen LogP contribution in [0.2, 0.25) is 0 Å². The van der Waals surface area contributed by atoms with Gasteiger partial charge in [-0.2, -0.15) is 0 Å². The molecule has 2 rings (SSSR count). The number of nitrogens with one attached hydrogen (secondary N) is 1. The Morgan fingerprint density at radius 3 is 2.89 bits per heavy atom. The lowest BCUT2D eigenvalue weighted by Crippen LogP contribution is -2.28. The lowest BCUT2D eigenvalue weighted by molar-refractivity contribution is 0.248. The molecule has 0 aliphatic rings. The number of urea groups is 1. The van der Waals surface area contributed by atoms with Crippen molar-refractivity contribution in [1.29, 1.82) is 0 Å². The highest BCUT2D eigenvalue weighted by Crippen LogP contribution is 2.23. The lowest BCUT2D eigenvalue weighted by Gasteiger charge is -2.09. The Balaban J connectivity index is 2.09. The number of rotatable bonds is 4. The van der Waals surface area contributed by atoms with Gasteiger partial charge in [-0.1, -0.05) is 12.1 Å². The Hall–Kier alpha value is -2.63. The number of hydrogen-bond donors (Lipinski definition) is 2. The van der Waals surface area contributed by atoms with Gasteiger partial charge in [0.15, 0.2) is 0 Å². The summed E-state index contributed by atoms with van der Waals surface area (Å²) < 4.78 is 5.63. The molecule has 0 fully saturated rings. The minimum absolute atomic E-state index is 0.393. The van der Waals surface area contributed by atoms with Crippen LogP contribution in [-0.2, 0) is 6.54 Å². The predicted molar refractivity (Wildman–Crippen MR) is 69.7 cm³/mol. The van der Waals surface area contributed by atoms with Crippen molar-refractivity contribution in [2.75, 3.05) is 0 Å². The maximum atomic E-state index is 10.6. The molecule has 0 bridgehead atoms. The highest BCUT2D eigenvalue weighted by molar-refractivity contribution is 5.71. The Bertz CT molecular complexity index is 572. The van der Waals surface area contributed by atoms with Crippen LogP contribution in [0.3, 0.4) is 0 Å². The molecule has 0 atom stereocenters. The third-order valence-corrected chi connectivity index (χ3v) is 2.48. The summed E-state index contributed by atoms with van der Waals surface area (Å²) in [5, 5.41) is 2.54. The lowest BCUT2D eigenvalue weighted by atomic mass is 10.1. The van der Waals surface area contributed by atoms with Crippen LogP contribution in [0.15, 0.2) is 36.8 Å². The topological polar surface area (TPSA) is 90.1 Å². The number of hydrogen-bond acceptors (Lipinski definition) is 4. The van der Waals surface area contributed by atoms with E-state index in [0.29, 0.717) is 18.2 Å². The molecule has 98 valence electrons.